The predicted molar refractivity (Wildman–Crippen MR) is 138 cm³/mol. The molecule has 1 N–H and O–H groups in total. The molecule has 2 aromatic carbocycles. The third-order valence-corrected chi connectivity index (χ3v) is 7.75. The van der Waals surface area contributed by atoms with E-state index in [4.69, 9.17) is 4.74 Å². The molecule has 1 saturated heterocycles. The molecule has 0 radical (unpaired) electrons. The number of benzene rings is 2. The highest BCUT2D eigenvalue weighted by Gasteiger charge is 2.33. The van der Waals surface area contributed by atoms with Gasteiger partial charge in [0, 0.05) is 25.2 Å². The first kappa shape index (κ1) is 25.2. The van der Waals surface area contributed by atoms with E-state index in [0.717, 1.165) is 31.5 Å². The van der Waals surface area contributed by atoms with E-state index in [1.54, 1.807) is 12.1 Å². The summed E-state index contributed by atoms with van der Waals surface area (Å²) in [5.41, 5.74) is 1.49. The molecule has 2 heterocycles. The fraction of sp³-hybridized carbons (Fsp3) is 0.393. The van der Waals surface area contributed by atoms with Crippen LogP contribution in [0.4, 0.5) is 4.39 Å². The number of likely N-dealkylation sites (tertiary alicyclic amines) is 1. The van der Waals surface area contributed by atoms with Gasteiger partial charge in [-0.15, -0.1) is 11.3 Å². The maximum absolute atomic E-state index is 14.5. The minimum Gasteiger partial charge on any atom is -0.504 e. The van der Waals surface area contributed by atoms with Crippen LogP contribution in [0.2, 0.25) is 0 Å². The van der Waals surface area contributed by atoms with Crippen molar-refractivity contribution in [3.8, 4) is 11.5 Å². The lowest BCUT2D eigenvalue weighted by Crippen LogP contribution is -2.47. The number of nitrogens with zero attached hydrogens (tertiary/aromatic N) is 2. The van der Waals surface area contributed by atoms with E-state index < -0.39 is 0 Å². The Morgan fingerprint density at radius 2 is 1.89 bits per heavy atom. The number of hydrogen-bond donors (Lipinski definition) is 1. The molecule has 1 amide bonds. The average Bonchev–Trinajstić information content (AvgIpc) is 3.41. The molecule has 1 atom stereocenters. The monoisotopic (exact) mass is 496 g/mol. The molecule has 0 bridgehead atoms. The zero-order valence-corrected chi connectivity index (χ0v) is 21.1. The number of carbonyl (C=O) groups excluding carboxylic acids is 1. The highest BCUT2D eigenvalue weighted by atomic mass is 32.1. The summed E-state index contributed by atoms with van der Waals surface area (Å²) in [5, 5.41) is 12.5. The van der Waals surface area contributed by atoms with Crippen molar-refractivity contribution in [1.82, 2.24) is 9.80 Å². The first-order valence-corrected chi connectivity index (χ1v) is 13.1. The first-order valence-electron chi connectivity index (χ1n) is 12.2. The minimum atomic E-state index is -0.225. The molecule has 4 rings (SSSR count). The van der Waals surface area contributed by atoms with Gasteiger partial charge in [-0.05, 0) is 74.3 Å². The van der Waals surface area contributed by atoms with Gasteiger partial charge in [-0.2, -0.15) is 0 Å². The number of amides is 1. The maximum Gasteiger partial charge on any atom is 0.263 e. The van der Waals surface area contributed by atoms with E-state index in [1.807, 2.05) is 60.6 Å². The van der Waals surface area contributed by atoms with Crippen LogP contribution < -0.4 is 4.74 Å². The molecule has 186 valence electrons. The molecular weight excluding hydrogens is 463 g/mol. The molecule has 0 aliphatic carbocycles. The van der Waals surface area contributed by atoms with Gasteiger partial charge < -0.3 is 14.7 Å². The summed E-state index contributed by atoms with van der Waals surface area (Å²) in [7, 11) is 1.84. The minimum absolute atomic E-state index is 0.0126. The van der Waals surface area contributed by atoms with Gasteiger partial charge in [0.15, 0.2) is 11.5 Å². The molecule has 0 saturated carbocycles. The predicted octanol–water partition coefficient (Wildman–Crippen LogP) is 5.59. The van der Waals surface area contributed by atoms with E-state index in [9.17, 15) is 14.3 Å². The number of thiophene rings is 1. The Morgan fingerprint density at radius 1 is 1.14 bits per heavy atom. The van der Waals surface area contributed by atoms with Crippen molar-refractivity contribution in [1.29, 1.82) is 0 Å². The zero-order chi connectivity index (χ0) is 24.8. The summed E-state index contributed by atoms with van der Waals surface area (Å²) in [4.78, 5) is 18.0. The zero-order valence-electron chi connectivity index (χ0n) is 20.3. The molecule has 1 aromatic heterocycles. The van der Waals surface area contributed by atoms with Crippen LogP contribution >= 0.6 is 11.3 Å². The van der Waals surface area contributed by atoms with Crippen LogP contribution in [0.5, 0.6) is 11.5 Å². The molecule has 1 aliphatic heterocycles. The number of phenolic OH excluding ortho intramolecular Hbond substituents is 1. The van der Waals surface area contributed by atoms with Crippen LogP contribution in [0, 0.1) is 11.7 Å². The van der Waals surface area contributed by atoms with E-state index >= 15 is 0 Å². The Kier molecular flexibility index (Phi) is 8.42. The van der Waals surface area contributed by atoms with Crippen LogP contribution in [0.1, 0.15) is 40.6 Å². The fourth-order valence-corrected chi connectivity index (χ4v) is 5.64. The number of hydrogen-bond acceptors (Lipinski definition) is 5. The van der Waals surface area contributed by atoms with Crippen molar-refractivity contribution < 1.29 is 19.0 Å². The van der Waals surface area contributed by atoms with Gasteiger partial charge in [-0.25, -0.2) is 4.39 Å². The second kappa shape index (κ2) is 11.7. The Labute approximate surface area is 210 Å². The molecule has 5 nitrogen and oxygen atoms in total. The molecule has 1 fully saturated rings. The molecule has 7 heteroatoms. The number of rotatable bonds is 9. The number of phenols is 1. The van der Waals surface area contributed by atoms with Crippen molar-refractivity contribution in [2.24, 2.45) is 5.92 Å². The largest absolute Gasteiger partial charge is 0.504 e. The lowest BCUT2D eigenvalue weighted by molar-refractivity contribution is 0.0587. The van der Waals surface area contributed by atoms with Crippen LogP contribution in [0.15, 0.2) is 60.0 Å². The number of para-hydroxylation sites is 1. The van der Waals surface area contributed by atoms with Gasteiger partial charge in [-0.1, -0.05) is 36.4 Å². The second-order valence-corrected chi connectivity index (χ2v) is 10.0. The molecular formula is C28H33FN2O3S. The highest BCUT2D eigenvalue weighted by molar-refractivity contribution is 7.12. The van der Waals surface area contributed by atoms with Crippen molar-refractivity contribution in [2.45, 2.75) is 38.8 Å². The van der Waals surface area contributed by atoms with Crippen LogP contribution in [0.3, 0.4) is 0 Å². The smallest absolute Gasteiger partial charge is 0.263 e. The number of piperidine rings is 1. The van der Waals surface area contributed by atoms with Gasteiger partial charge in [0.1, 0.15) is 5.82 Å². The fourth-order valence-electron chi connectivity index (χ4n) is 4.94. The van der Waals surface area contributed by atoms with Gasteiger partial charge >= 0.3 is 0 Å². The summed E-state index contributed by atoms with van der Waals surface area (Å²) < 4.78 is 20.1. The number of aromatic hydroxyl groups is 1. The third-order valence-electron chi connectivity index (χ3n) is 6.89. The van der Waals surface area contributed by atoms with E-state index in [1.165, 1.54) is 17.4 Å². The highest BCUT2D eigenvalue weighted by Crippen LogP contribution is 2.33. The van der Waals surface area contributed by atoms with Crippen molar-refractivity contribution >= 4 is 17.2 Å². The summed E-state index contributed by atoms with van der Waals surface area (Å²) in [6, 6.07) is 16.1. The Bertz CT molecular complexity index is 1110. The first-order chi connectivity index (χ1) is 17.0. The summed E-state index contributed by atoms with van der Waals surface area (Å²) >= 11 is 1.43. The average molecular weight is 497 g/mol. The molecule has 35 heavy (non-hydrogen) atoms. The maximum atomic E-state index is 14.5. The quantitative estimate of drug-likeness (QED) is 0.420. The normalized spacial score (nSPS) is 15.6. The van der Waals surface area contributed by atoms with Crippen LogP contribution in [0.25, 0.3) is 0 Å². The van der Waals surface area contributed by atoms with Gasteiger partial charge in [0.05, 0.1) is 11.5 Å². The molecule has 0 unspecified atom stereocenters. The van der Waals surface area contributed by atoms with Gasteiger partial charge in [-0.3, -0.25) is 9.69 Å². The summed E-state index contributed by atoms with van der Waals surface area (Å²) in [6.07, 6.45) is 2.28. The number of likely N-dealkylation sites (N-methyl/N-ethyl adjacent to an activating group) is 1. The number of carbonyl (C=O) groups is 1. The topological polar surface area (TPSA) is 53.0 Å². The van der Waals surface area contributed by atoms with Crippen LogP contribution in [-0.4, -0.2) is 53.6 Å². The van der Waals surface area contributed by atoms with Crippen molar-refractivity contribution in [3.05, 3.63) is 81.8 Å². The van der Waals surface area contributed by atoms with Crippen molar-refractivity contribution in [3.63, 3.8) is 0 Å². The third kappa shape index (κ3) is 6.03. The summed E-state index contributed by atoms with van der Waals surface area (Å²) in [6.45, 7) is 4.73. The Balaban J connectivity index is 1.46. The Morgan fingerprint density at radius 3 is 2.57 bits per heavy atom. The number of ether oxygens (including phenoxy) is 1. The van der Waals surface area contributed by atoms with E-state index in [0.29, 0.717) is 35.8 Å². The van der Waals surface area contributed by atoms with E-state index in [2.05, 4.69) is 4.90 Å². The standard InChI is InChI=1S/C28H33FN2O3S/c1-3-34-25-11-6-9-22(27(25)32)19-31-15-13-20(14-16-31)24(18-21-8-4-5-10-23(21)29)30(2)28(33)26-12-7-17-35-26/h4-12,17,20,24,32H,3,13-16,18-19H2,1-2H3/t24-/m1/s1. The lowest BCUT2D eigenvalue weighted by Gasteiger charge is -2.40. The SMILES string of the molecule is CCOc1cccc(CN2CCC([C@@H](Cc3ccccc3F)N(C)C(=O)c3cccs3)CC2)c1O. The number of halogens is 1. The molecule has 0 spiro atoms. The summed E-state index contributed by atoms with van der Waals surface area (Å²) in [5.74, 6) is 0.731. The Hall–Kier alpha value is -2.90. The lowest BCUT2D eigenvalue weighted by atomic mass is 9.84. The van der Waals surface area contributed by atoms with Gasteiger partial charge in [0.2, 0.25) is 0 Å². The second-order valence-electron chi connectivity index (χ2n) is 9.07. The molecule has 3 aromatic rings. The molecule has 1 aliphatic rings. The van der Waals surface area contributed by atoms with Crippen LogP contribution in [-0.2, 0) is 13.0 Å². The van der Waals surface area contributed by atoms with Crippen molar-refractivity contribution in [2.75, 3.05) is 26.7 Å². The van der Waals surface area contributed by atoms with Gasteiger partial charge in [0.25, 0.3) is 5.91 Å². The van der Waals surface area contributed by atoms with E-state index in [-0.39, 0.29) is 29.4 Å².